The van der Waals surface area contributed by atoms with Gasteiger partial charge in [0.05, 0.1) is 17.2 Å². The Kier molecular flexibility index (Phi) is 5.47. The molecule has 1 rings (SSSR count). The second-order valence-electron chi connectivity index (χ2n) is 4.47. The summed E-state index contributed by atoms with van der Waals surface area (Å²) in [6.45, 7) is 4.14. The van der Waals surface area contributed by atoms with Crippen LogP contribution < -0.4 is 4.74 Å². The molecule has 1 aromatic rings. The van der Waals surface area contributed by atoms with Crippen LogP contribution in [0.25, 0.3) is 0 Å². The molecule has 0 aliphatic rings. The highest BCUT2D eigenvalue weighted by Crippen LogP contribution is 2.29. The number of benzene rings is 1. The van der Waals surface area contributed by atoms with Crippen LogP contribution in [0.3, 0.4) is 0 Å². The molecule has 0 fully saturated rings. The van der Waals surface area contributed by atoms with Crippen LogP contribution in [0, 0.1) is 0 Å². The molecule has 0 aromatic heterocycles. The summed E-state index contributed by atoms with van der Waals surface area (Å²) in [6, 6.07) is 5.97. The number of ether oxygens (including phenoxy) is 1. The van der Waals surface area contributed by atoms with Gasteiger partial charge >= 0.3 is 0 Å². The number of methoxy groups -OCH3 is 1. The third kappa shape index (κ3) is 4.00. The van der Waals surface area contributed by atoms with Crippen LogP contribution >= 0.6 is 15.9 Å². The normalized spacial score (nSPS) is 14.4. The molecular formula is C14H21BrO2. The molecule has 0 amide bonds. The zero-order valence-corrected chi connectivity index (χ0v) is 12.4. The summed E-state index contributed by atoms with van der Waals surface area (Å²) in [7, 11) is 1.65. The van der Waals surface area contributed by atoms with Gasteiger partial charge in [-0.2, -0.15) is 0 Å². The summed E-state index contributed by atoms with van der Waals surface area (Å²) < 4.78 is 6.13. The van der Waals surface area contributed by atoms with Gasteiger partial charge in [0.15, 0.2) is 0 Å². The van der Waals surface area contributed by atoms with E-state index in [1.165, 1.54) is 0 Å². The molecule has 0 bridgehead atoms. The van der Waals surface area contributed by atoms with Crippen molar-refractivity contribution in [1.29, 1.82) is 0 Å². The standard InChI is InChI=1S/C14H21BrO2/c1-4-8-14(16,5-2)10-11-6-7-13(17-3)12(15)9-11/h6-7,9,16H,4-5,8,10H2,1-3H3. The van der Waals surface area contributed by atoms with Gasteiger partial charge in [-0.25, -0.2) is 0 Å². The number of hydrogen-bond acceptors (Lipinski definition) is 2. The summed E-state index contributed by atoms with van der Waals surface area (Å²) in [5.74, 6) is 0.823. The Morgan fingerprint density at radius 2 is 2.06 bits per heavy atom. The monoisotopic (exact) mass is 300 g/mol. The summed E-state index contributed by atoms with van der Waals surface area (Å²) in [4.78, 5) is 0. The lowest BCUT2D eigenvalue weighted by Gasteiger charge is -2.26. The summed E-state index contributed by atoms with van der Waals surface area (Å²) >= 11 is 3.47. The predicted molar refractivity (Wildman–Crippen MR) is 74.5 cm³/mol. The van der Waals surface area contributed by atoms with Gasteiger partial charge < -0.3 is 9.84 Å². The molecule has 96 valence electrons. The Bertz CT molecular complexity index is 365. The van der Waals surface area contributed by atoms with Crippen LogP contribution in [-0.2, 0) is 6.42 Å². The van der Waals surface area contributed by atoms with Crippen LogP contribution in [0.15, 0.2) is 22.7 Å². The van der Waals surface area contributed by atoms with Crippen LogP contribution in [0.1, 0.15) is 38.7 Å². The molecule has 0 aliphatic heterocycles. The molecule has 0 aliphatic carbocycles. The van der Waals surface area contributed by atoms with Gasteiger partial charge in [0, 0.05) is 6.42 Å². The molecule has 0 spiro atoms. The fourth-order valence-corrected chi connectivity index (χ4v) is 2.64. The van der Waals surface area contributed by atoms with Crippen LogP contribution in [0.4, 0.5) is 0 Å². The highest BCUT2D eigenvalue weighted by atomic mass is 79.9. The van der Waals surface area contributed by atoms with Gasteiger partial charge in [-0.05, 0) is 46.5 Å². The van der Waals surface area contributed by atoms with Gasteiger partial charge in [-0.15, -0.1) is 0 Å². The molecule has 17 heavy (non-hydrogen) atoms. The smallest absolute Gasteiger partial charge is 0.133 e. The molecule has 1 N–H and O–H groups in total. The zero-order valence-electron chi connectivity index (χ0n) is 10.8. The number of aliphatic hydroxyl groups is 1. The van der Waals surface area contributed by atoms with Crippen molar-refractivity contribution in [2.24, 2.45) is 0 Å². The third-order valence-electron chi connectivity index (χ3n) is 3.12. The van der Waals surface area contributed by atoms with Crippen LogP contribution in [0.2, 0.25) is 0 Å². The van der Waals surface area contributed by atoms with Gasteiger partial charge in [0.25, 0.3) is 0 Å². The van der Waals surface area contributed by atoms with Crippen molar-refractivity contribution in [3.63, 3.8) is 0 Å². The Morgan fingerprint density at radius 3 is 2.53 bits per heavy atom. The minimum atomic E-state index is -0.581. The van der Waals surface area contributed by atoms with E-state index in [0.29, 0.717) is 6.42 Å². The second-order valence-corrected chi connectivity index (χ2v) is 5.33. The summed E-state index contributed by atoms with van der Waals surface area (Å²) in [6.07, 6.45) is 3.32. The molecular weight excluding hydrogens is 280 g/mol. The lowest BCUT2D eigenvalue weighted by Crippen LogP contribution is -2.30. The highest BCUT2D eigenvalue weighted by molar-refractivity contribution is 9.10. The first-order valence-electron chi connectivity index (χ1n) is 6.09. The van der Waals surface area contributed by atoms with Crippen molar-refractivity contribution in [2.45, 2.75) is 45.1 Å². The van der Waals surface area contributed by atoms with Crippen LogP contribution in [-0.4, -0.2) is 17.8 Å². The lowest BCUT2D eigenvalue weighted by molar-refractivity contribution is 0.0270. The van der Waals surface area contributed by atoms with Crippen molar-refractivity contribution >= 4 is 15.9 Å². The first kappa shape index (κ1) is 14.5. The molecule has 0 heterocycles. The average Bonchev–Trinajstić information content (AvgIpc) is 2.29. The molecule has 0 saturated carbocycles. The first-order valence-corrected chi connectivity index (χ1v) is 6.88. The maximum Gasteiger partial charge on any atom is 0.133 e. The number of rotatable bonds is 6. The van der Waals surface area contributed by atoms with Crippen molar-refractivity contribution in [3.05, 3.63) is 28.2 Å². The van der Waals surface area contributed by atoms with E-state index in [1.807, 2.05) is 25.1 Å². The minimum Gasteiger partial charge on any atom is -0.496 e. The predicted octanol–water partition coefficient (Wildman–Crippen LogP) is 3.94. The molecule has 1 aromatic carbocycles. The number of hydrogen-bond donors (Lipinski definition) is 1. The minimum absolute atomic E-state index is 0.581. The number of halogens is 1. The van der Waals surface area contributed by atoms with Crippen molar-refractivity contribution in [1.82, 2.24) is 0 Å². The van der Waals surface area contributed by atoms with E-state index in [9.17, 15) is 5.11 Å². The maximum absolute atomic E-state index is 10.4. The van der Waals surface area contributed by atoms with Gasteiger partial charge in [0.2, 0.25) is 0 Å². The largest absolute Gasteiger partial charge is 0.496 e. The van der Waals surface area contributed by atoms with E-state index in [2.05, 4.69) is 22.9 Å². The Labute approximate surface area is 112 Å². The second kappa shape index (κ2) is 6.41. The third-order valence-corrected chi connectivity index (χ3v) is 3.74. The first-order chi connectivity index (χ1) is 8.04. The molecule has 1 unspecified atom stereocenters. The fourth-order valence-electron chi connectivity index (χ4n) is 2.06. The summed E-state index contributed by atoms with van der Waals surface area (Å²) in [5.41, 5.74) is 0.554. The molecule has 3 heteroatoms. The van der Waals surface area contributed by atoms with Crippen molar-refractivity contribution < 1.29 is 9.84 Å². The molecule has 0 saturated heterocycles. The van der Waals surface area contributed by atoms with Crippen LogP contribution in [0.5, 0.6) is 5.75 Å². The summed E-state index contributed by atoms with van der Waals surface area (Å²) in [5, 5.41) is 10.4. The van der Waals surface area contributed by atoms with Gasteiger partial charge in [-0.3, -0.25) is 0 Å². The maximum atomic E-state index is 10.4. The Hall–Kier alpha value is -0.540. The molecule has 0 radical (unpaired) electrons. The van der Waals surface area contributed by atoms with E-state index < -0.39 is 5.60 Å². The van der Waals surface area contributed by atoms with Gasteiger partial charge in [0.1, 0.15) is 5.75 Å². The molecule has 2 nitrogen and oxygen atoms in total. The average molecular weight is 301 g/mol. The van der Waals surface area contributed by atoms with E-state index in [-0.39, 0.29) is 0 Å². The van der Waals surface area contributed by atoms with Gasteiger partial charge in [-0.1, -0.05) is 26.3 Å². The van der Waals surface area contributed by atoms with Crippen molar-refractivity contribution in [2.75, 3.05) is 7.11 Å². The highest BCUT2D eigenvalue weighted by Gasteiger charge is 2.24. The van der Waals surface area contributed by atoms with E-state index in [1.54, 1.807) is 7.11 Å². The van der Waals surface area contributed by atoms with E-state index >= 15 is 0 Å². The fraction of sp³-hybridized carbons (Fsp3) is 0.571. The Morgan fingerprint density at radius 1 is 1.35 bits per heavy atom. The lowest BCUT2D eigenvalue weighted by atomic mass is 9.88. The zero-order chi connectivity index (χ0) is 12.9. The molecule has 1 atom stereocenters. The van der Waals surface area contributed by atoms with Crippen molar-refractivity contribution in [3.8, 4) is 5.75 Å². The topological polar surface area (TPSA) is 29.5 Å². The quantitative estimate of drug-likeness (QED) is 0.862. The van der Waals surface area contributed by atoms with E-state index in [0.717, 1.165) is 35.0 Å². The van der Waals surface area contributed by atoms with E-state index in [4.69, 9.17) is 4.74 Å². The SMILES string of the molecule is CCCC(O)(CC)Cc1ccc(OC)c(Br)c1. The Balaban J connectivity index is 2.83.